The van der Waals surface area contributed by atoms with Gasteiger partial charge in [-0.1, -0.05) is 23.8 Å². The molecule has 0 aromatic heterocycles. The SMILES string of the molecule is Cc1ccc(C(C)NCc2cc(F)ccc2O)c(C)c1. The van der Waals surface area contributed by atoms with Crippen molar-refractivity contribution in [3.8, 4) is 5.75 Å². The summed E-state index contributed by atoms with van der Waals surface area (Å²) in [5.74, 6) is -0.217. The standard InChI is InChI=1S/C17H20FNO/c1-11-4-6-16(12(2)8-11)13(3)19-10-14-9-15(18)5-7-17(14)20/h4-9,13,19-20H,10H2,1-3H3. The van der Waals surface area contributed by atoms with Crippen molar-refractivity contribution in [1.82, 2.24) is 5.32 Å². The molecular formula is C17H20FNO. The summed E-state index contributed by atoms with van der Waals surface area (Å²) in [6.45, 7) is 6.64. The fourth-order valence-electron chi connectivity index (χ4n) is 2.38. The number of hydrogen-bond acceptors (Lipinski definition) is 2. The molecule has 0 amide bonds. The van der Waals surface area contributed by atoms with E-state index in [4.69, 9.17) is 0 Å². The second-order valence-corrected chi connectivity index (χ2v) is 5.24. The molecule has 1 atom stereocenters. The lowest BCUT2D eigenvalue weighted by atomic mass is 10.00. The van der Waals surface area contributed by atoms with E-state index >= 15 is 0 Å². The van der Waals surface area contributed by atoms with Crippen LogP contribution in [0.3, 0.4) is 0 Å². The molecule has 0 fully saturated rings. The number of phenolic OH excluding ortho intramolecular Hbond substituents is 1. The number of aryl methyl sites for hydroxylation is 2. The van der Waals surface area contributed by atoms with E-state index in [9.17, 15) is 9.50 Å². The van der Waals surface area contributed by atoms with E-state index in [1.165, 1.54) is 34.9 Å². The Balaban J connectivity index is 2.08. The first-order valence-electron chi connectivity index (χ1n) is 6.75. The Hall–Kier alpha value is -1.87. The Bertz CT molecular complexity index is 610. The summed E-state index contributed by atoms with van der Waals surface area (Å²) in [5.41, 5.74) is 4.25. The van der Waals surface area contributed by atoms with Crippen molar-refractivity contribution in [1.29, 1.82) is 0 Å². The van der Waals surface area contributed by atoms with E-state index in [0.29, 0.717) is 12.1 Å². The molecule has 106 valence electrons. The summed E-state index contributed by atoms with van der Waals surface area (Å²) in [4.78, 5) is 0. The highest BCUT2D eigenvalue weighted by molar-refractivity contribution is 5.34. The molecule has 0 bridgehead atoms. The van der Waals surface area contributed by atoms with Crippen molar-refractivity contribution in [3.05, 3.63) is 64.5 Å². The van der Waals surface area contributed by atoms with Crippen molar-refractivity contribution >= 4 is 0 Å². The van der Waals surface area contributed by atoms with Crippen LogP contribution in [-0.4, -0.2) is 5.11 Å². The zero-order valence-electron chi connectivity index (χ0n) is 12.1. The monoisotopic (exact) mass is 273 g/mol. The van der Waals surface area contributed by atoms with Gasteiger partial charge in [0.2, 0.25) is 0 Å². The normalized spacial score (nSPS) is 12.4. The molecular weight excluding hydrogens is 253 g/mol. The maximum atomic E-state index is 13.2. The van der Waals surface area contributed by atoms with Crippen LogP contribution in [0.15, 0.2) is 36.4 Å². The van der Waals surface area contributed by atoms with E-state index in [1.54, 1.807) is 0 Å². The minimum absolute atomic E-state index is 0.117. The van der Waals surface area contributed by atoms with Gasteiger partial charge in [-0.3, -0.25) is 0 Å². The van der Waals surface area contributed by atoms with Gasteiger partial charge in [-0.05, 0) is 50.1 Å². The summed E-state index contributed by atoms with van der Waals surface area (Å²) in [7, 11) is 0. The minimum atomic E-state index is -0.334. The molecule has 2 nitrogen and oxygen atoms in total. The Morgan fingerprint density at radius 1 is 1.15 bits per heavy atom. The third-order valence-corrected chi connectivity index (χ3v) is 3.53. The molecule has 0 aliphatic heterocycles. The zero-order valence-corrected chi connectivity index (χ0v) is 12.1. The van der Waals surface area contributed by atoms with Gasteiger partial charge >= 0.3 is 0 Å². The van der Waals surface area contributed by atoms with Crippen LogP contribution >= 0.6 is 0 Å². The van der Waals surface area contributed by atoms with Crippen LogP contribution < -0.4 is 5.32 Å². The first-order valence-corrected chi connectivity index (χ1v) is 6.75. The predicted molar refractivity (Wildman–Crippen MR) is 79.2 cm³/mol. The second kappa shape index (κ2) is 6.06. The quantitative estimate of drug-likeness (QED) is 0.882. The molecule has 0 aliphatic carbocycles. The molecule has 2 rings (SSSR count). The summed E-state index contributed by atoms with van der Waals surface area (Å²) in [6, 6.07) is 10.5. The maximum absolute atomic E-state index is 13.2. The molecule has 3 heteroatoms. The van der Waals surface area contributed by atoms with Crippen molar-refractivity contribution in [3.63, 3.8) is 0 Å². The van der Waals surface area contributed by atoms with Crippen LogP contribution in [0, 0.1) is 19.7 Å². The fourth-order valence-corrected chi connectivity index (χ4v) is 2.38. The van der Waals surface area contributed by atoms with Gasteiger partial charge in [-0.2, -0.15) is 0 Å². The Kier molecular flexibility index (Phi) is 4.40. The summed E-state index contributed by atoms with van der Waals surface area (Å²) in [5, 5.41) is 13.0. The number of rotatable bonds is 4. The van der Waals surface area contributed by atoms with Crippen molar-refractivity contribution < 1.29 is 9.50 Å². The van der Waals surface area contributed by atoms with E-state index in [0.717, 1.165) is 0 Å². The Morgan fingerprint density at radius 3 is 2.60 bits per heavy atom. The van der Waals surface area contributed by atoms with Crippen LogP contribution in [0.1, 0.15) is 35.2 Å². The molecule has 1 unspecified atom stereocenters. The van der Waals surface area contributed by atoms with Crippen molar-refractivity contribution in [2.45, 2.75) is 33.4 Å². The molecule has 20 heavy (non-hydrogen) atoms. The molecule has 0 radical (unpaired) electrons. The fraction of sp³-hybridized carbons (Fsp3) is 0.294. The average Bonchev–Trinajstić information content (AvgIpc) is 2.39. The van der Waals surface area contributed by atoms with Crippen LogP contribution in [0.4, 0.5) is 4.39 Å². The molecule has 0 heterocycles. The van der Waals surface area contributed by atoms with Gasteiger partial charge in [0.05, 0.1) is 0 Å². The van der Waals surface area contributed by atoms with Crippen molar-refractivity contribution in [2.24, 2.45) is 0 Å². The highest BCUT2D eigenvalue weighted by atomic mass is 19.1. The number of phenols is 1. The molecule has 2 aromatic carbocycles. The molecule has 0 saturated heterocycles. The van der Waals surface area contributed by atoms with Gasteiger partial charge in [0.15, 0.2) is 0 Å². The number of hydrogen-bond donors (Lipinski definition) is 2. The number of nitrogens with one attached hydrogen (secondary N) is 1. The first-order chi connectivity index (χ1) is 9.47. The molecule has 0 spiro atoms. The highest BCUT2D eigenvalue weighted by Crippen LogP contribution is 2.21. The average molecular weight is 273 g/mol. The first kappa shape index (κ1) is 14.5. The zero-order chi connectivity index (χ0) is 14.7. The lowest BCUT2D eigenvalue weighted by Crippen LogP contribution is -2.19. The topological polar surface area (TPSA) is 32.3 Å². The van der Waals surface area contributed by atoms with Gasteiger partial charge in [-0.25, -0.2) is 4.39 Å². The number of aromatic hydroxyl groups is 1. The van der Waals surface area contributed by atoms with Crippen LogP contribution in [-0.2, 0) is 6.54 Å². The lowest BCUT2D eigenvalue weighted by molar-refractivity contribution is 0.457. The van der Waals surface area contributed by atoms with Crippen molar-refractivity contribution in [2.75, 3.05) is 0 Å². The molecule has 2 N–H and O–H groups in total. The summed E-state index contributed by atoms with van der Waals surface area (Å²) in [6.07, 6.45) is 0. The predicted octanol–water partition coefficient (Wildman–Crippen LogP) is 4.00. The van der Waals surface area contributed by atoms with E-state index < -0.39 is 0 Å². The second-order valence-electron chi connectivity index (χ2n) is 5.24. The minimum Gasteiger partial charge on any atom is -0.508 e. The highest BCUT2D eigenvalue weighted by Gasteiger charge is 2.09. The van der Waals surface area contributed by atoms with E-state index in [1.807, 2.05) is 0 Å². The van der Waals surface area contributed by atoms with Gasteiger partial charge in [0, 0.05) is 18.2 Å². The van der Waals surface area contributed by atoms with Gasteiger partial charge < -0.3 is 10.4 Å². The number of halogens is 1. The third-order valence-electron chi connectivity index (χ3n) is 3.53. The summed E-state index contributed by atoms with van der Waals surface area (Å²) >= 11 is 0. The van der Waals surface area contributed by atoms with E-state index in [2.05, 4.69) is 44.3 Å². The van der Waals surface area contributed by atoms with Gasteiger partial charge in [0.1, 0.15) is 11.6 Å². The van der Waals surface area contributed by atoms with E-state index in [-0.39, 0.29) is 17.6 Å². The van der Waals surface area contributed by atoms with Crippen LogP contribution in [0.5, 0.6) is 5.75 Å². The Morgan fingerprint density at radius 2 is 1.90 bits per heavy atom. The Labute approximate surface area is 119 Å². The van der Waals surface area contributed by atoms with Gasteiger partial charge in [-0.15, -0.1) is 0 Å². The molecule has 2 aromatic rings. The molecule has 0 saturated carbocycles. The van der Waals surface area contributed by atoms with Crippen LogP contribution in [0.25, 0.3) is 0 Å². The van der Waals surface area contributed by atoms with Crippen LogP contribution in [0.2, 0.25) is 0 Å². The number of benzene rings is 2. The largest absolute Gasteiger partial charge is 0.508 e. The smallest absolute Gasteiger partial charge is 0.123 e. The third kappa shape index (κ3) is 3.36. The molecule has 0 aliphatic rings. The maximum Gasteiger partial charge on any atom is 0.123 e. The van der Waals surface area contributed by atoms with Gasteiger partial charge in [0.25, 0.3) is 0 Å². The lowest BCUT2D eigenvalue weighted by Gasteiger charge is -2.17. The summed E-state index contributed by atoms with van der Waals surface area (Å²) < 4.78 is 13.2.